The second-order valence-corrected chi connectivity index (χ2v) is 8.59. The fourth-order valence-electron chi connectivity index (χ4n) is 3.87. The molecular weight excluding hydrogens is 254 g/mol. The Labute approximate surface area is 128 Å². The first-order chi connectivity index (χ1) is 9.69. The molecule has 2 aromatic rings. The van der Waals surface area contributed by atoms with Gasteiger partial charge in [0.25, 0.3) is 0 Å². The molecule has 21 heavy (non-hydrogen) atoms. The summed E-state index contributed by atoms with van der Waals surface area (Å²) in [6.07, 6.45) is 4.30. The number of aromatic nitrogens is 1. The fraction of sp³-hybridized carbons (Fsp3) is 0.550. The average molecular weight is 281 g/mol. The largest absolute Gasteiger partial charge is 0.261 e. The molecule has 1 nitrogen and oxygen atoms in total. The Hall–Kier alpha value is -1.37. The lowest BCUT2D eigenvalue weighted by Crippen LogP contribution is -2.27. The second-order valence-electron chi connectivity index (χ2n) is 8.59. The fourth-order valence-corrected chi connectivity index (χ4v) is 3.87. The summed E-state index contributed by atoms with van der Waals surface area (Å²) in [7, 11) is 0. The zero-order valence-corrected chi connectivity index (χ0v) is 14.2. The van der Waals surface area contributed by atoms with Crippen LogP contribution in [0.5, 0.6) is 0 Å². The van der Waals surface area contributed by atoms with E-state index < -0.39 is 0 Å². The Balaban J connectivity index is 2.41. The number of pyridine rings is 1. The molecule has 112 valence electrons. The van der Waals surface area contributed by atoms with Gasteiger partial charge in [-0.15, -0.1) is 0 Å². The van der Waals surface area contributed by atoms with Crippen LogP contribution in [0.15, 0.2) is 24.4 Å². The van der Waals surface area contributed by atoms with Crippen LogP contribution in [0.4, 0.5) is 0 Å². The van der Waals surface area contributed by atoms with E-state index in [1.807, 2.05) is 6.20 Å². The molecular formula is C20H27N. The minimum absolute atomic E-state index is 0.178. The van der Waals surface area contributed by atoms with Crippen LogP contribution in [-0.2, 0) is 11.8 Å². The molecule has 0 bridgehead atoms. The van der Waals surface area contributed by atoms with E-state index in [1.54, 1.807) is 5.56 Å². The maximum atomic E-state index is 4.68. The second kappa shape index (κ2) is 4.56. The highest BCUT2D eigenvalue weighted by molar-refractivity contribution is 5.90. The van der Waals surface area contributed by atoms with Gasteiger partial charge in [-0.2, -0.15) is 0 Å². The van der Waals surface area contributed by atoms with Crippen LogP contribution >= 0.6 is 0 Å². The van der Waals surface area contributed by atoms with Crippen LogP contribution in [0.25, 0.3) is 10.8 Å². The van der Waals surface area contributed by atoms with E-state index in [9.17, 15) is 0 Å². The lowest BCUT2D eigenvalue weighted by Gasteiger charge is -2.39. The summed E-state index contributed by atoms with van der Waals surface area (Å²) in [5.41, 5.74) is 4.85. The van der Waals surface area contributed by atoms with Crippen molar-refractivity contribution in [3.05, 3.63) is 41.2 Å². The Bertz CT molecular complexity index is 683. The van der Waals surface area contributed by atoms with E-state index in [1.165, 1.54) is 28.5 Å². The van der Waals surface area contributed by atoms with Crippen LogP contribution in [0.3, 0.4) is 0 Å². The van der Waals surface area contributed by atoms with Crippen molar-refractivity contribution in [1.82, 2.24) is 4.98 Å². The predicted molar refractivity (Wildman–Crippen MR) is 91.0 cm³/mol. The number of benzene rings is 1. The van der Waals surface area contributed by atoms with Crippen molar-refractivity contribution in [1.29, 1.82) is 0 Å². The van der Waals surface area contributed by atoms with Crippen molar-refractivity contribution in [2.45, 2.75) is 65.7 Å². The molecule has 0 amide bonds. The van der Waals surface area contributed by atoms with Gasteiger partial charge >= 0.3 is 0 Å². The van der Waals surface area contributed by atoms with Crippen molar-refractivity contribution < 1.29 is 0 Å². The summed E-state index contributed by atoms with van der Waals surface area (Å²) in [4.78, 5) is 4.68. The summed E-state index contributed by atoms with van der Waals surface area (Å²) in [5.74, 6) is 0.618. The molecule has 0 spiro atoms. The minimum Gasteiger partial charge on any atom is -0.261 e. The van der Waals surface area contributed by atoms with Crippen LogP contribution in [0, 0.1) is 5.41 Å². The quantitative estimate of drug-likeness (QED) is 0.611. The highest BCUT2D eigenvalue weighted by Gasteiger charge is 2.35. The van der Waals surface area contributed by atoms with Crippen molar-refractivity contribution in [2.75, 3.05) is 0 Å². The number of hydrogen-bond acceptors (Lipinski definition) is 1. The first-order valence-electron chi connectivity index (χ1n) is 8.10. The molecule has 1 heteroatoms. The normalized spacial score (nSPS) is 19.0. The SMILES string of the molecule is CC(C)(C)c1ccc2ccnc3c2c1C(C(C)(C)C)CC3. The Kier molecular flexibility index (Phi) is 3.16. The molecule has 0 aliphatic heterocycles. The predicted octanol–water partition coefficient (Wildman–Crippen LogP) is 5.61. The molecule has 1 aliphatic rings. The molecule has 0 saturated carbocycles. The van der Waals surface area contributed by atoms with Gasteiger partial charge in [-0.3, -0.25) is 4.98 Å². The van der Waals surface area contributed by atoms with Gasteiger partial charge in [0.05, 0.1) is 0 Å². The Morgan fingerprint density at radius 2 is 1.71 bits per heavy atom. The van der Waals surface area contributed by atoms with Gasteiger partial charge in [-0.05, 0) is 52.2 Å². The molecule has 3 rings (SSSR count). The van der Waals surface area contributed by atoms with Gasteiger partial charge in [-0.25, -0.2) is 0 Å². The summed E-state index contributed by atoms with van der Waals surface area (Å²) in [6, 6.07) is 6.81. The first-order valence-corrected chi connectivity index (χ1v) is 8.10. The molecule has 1 unspecified atom stereocenters. The number of aryl methyl sites for hydroxylation is 1. The molecule has 0 radical (unpaired) electrons. The Morgan fingerprint density at radius 1 is 1.00 bits per heavy atom. The third kappa shape index (κ3) is 2.37. The van der Waals surface area contributed by atoms with Gasteiger partial charge in [0, 0.05) is 17.3 Å². The van der Waals surface area contributed by atoms with Gasteiger partial charge in [0.15, 0.2) is 0 Å². The van der Waals surface area contributed by atoms with Crippen molar-refractivity contribution >= 4 is 10.8 Å². The van der Waals surface area contributed by atoms with Gasteiger partial charge in [0.2, 0.25) is 0 Å². The smallest absolute Gasteiger partial charge is 0.0485 e. The lowest BCUT2D eigenvalue weighted by atomic mass is 9.66. The summed E-state index contributed by atoms with van der Waals surface area (Å²) < 4.78 is 0. The third-order valence-corrected chi connectivity index (χ3v) is 4.92. The molecule has 0 N–H and O–H groups in total. The number of rotatable bonds is 0. The molecule has 1 atom stereocenters. The van der Waals surface area contributed by atoms with Crippen LogP contribution in [-0.4, -0.2) is 4.98 Å². The van der Waals surface area contributed by atoms with Crippen LogP contribution < -0.4 is 0 Å². The molecule has 0 saturated heterocycles. The maximum Gasteiger partial charge on any atom is 0.0485 e. The highest BCUT2D eigenvalue weighted by atomic mass is 14.7. The first kappa shape index (κ1) is 14.6. The lowest BCUT2D eigenvalue weighted by molar-refractivity contribution is 0.299. The summed E-state index contributed by atoms with van der Waals surface area (Å²) >= 11 is 0. The van der Waals surface area contributed by atoms with E-state index in [4.69, 9.17) is 0 Å². The molecule has 1 aliphatic carbocycles. The van der Waals surface area contributed by atoms with Crippen LogP contribution in [0.1, 0.15) is 70.7 Å². The highest BCUT2D eigenvalue weighted by Crippen LogP contribution is 2.48. The maximum absolute atomic E-state index is 4.68. The molecule has 1 heterocycles. The number of hydrogen-bond donors (Lipinski definition) is 0. The zero-order chi connectivity index (χ0) is 15.4. The average Bonchev–Trinajstić information content (AvgIpc) is 2.36. The van der Waals surface area contributed by atoms with E-state index >= 15 is 0 Å². The topological polar surface area (TPSA) is 12.9 Å². The van der Waals surface area contributed by atoms with Crippen molar-refractivity contribution in [3.63, 3.8) is 0 Å². The van der Waals surface area contributed by atoms with E-state index in [0.29, 0.717) is 11.3 Å². The third-order valence-electron chi connectivity index (χ3n) is 4.92. The summed E-state index contributed by atoms with van der Waals surface area (Å²) in [5, 5.41) is 2.80. The van der Waals surface area contributed by atoms with Crippen LogP contribution in [0.2, 0.25) is 0 Å². The zero-order valence-electron chi connectivity index (χ0n) is 14.2. The minimum atomic E-state index is 0.178. The molecule has 1 aromatic heterocycles. The van der Waals surface area contributed by atoms with E-state index in [-0.39, 0.29) is 5.41 Å². The van der Waals surface area contributed by atoms with Gasteiger partial charge in [0.1, 0.15) is 0 Å². The standard InChI is InChI=1S/C20H27N/c1-19(2,3)14-8-7-13-11-12-21-16-10-9-15(20(4,5)6)18(14)17(13)16/h7-8,11-12,15H,9-10H2,1-6H3. The summed E-state index contributed by atoms with van der Waals surface area (Å²) in [6.45, 7) is 14.1. The van der Waals surface area contributed by atoms with Crippen molar-refractivity contribution in [3.8, 4) is 0 Å². The monoisotopic (exact) mass is 281 g/mol. The van der Waals surface area contributed by atoms with Crippen molar-refractivity contribution in [2.24, 2.45) is 5.41 Å². The van der Waals surface area contributed by atoms with E-state index in [2.05, 4.69) is 64.7 Å². The molecule has 1 aromatic carbocycles. The number of nitrogens with zero attached hydrogens (tertiary/aromatic N) is 1. The van der Waals surface area contributed by atoms with E-state index in [0.717, 1.165) is 6.42 Å². The Morgan fingerprint density at radius 3 is 2.33 bits per heavy atom. The van der Waals surface area contributed by atoms with Gasteiger partial charge < -0.3 is 0 Å². The van der Waals surface area contributed by atoms with Gasteiger partial charge in [-0.1, -0.05) is 53.7 Å². The molecule has 0 fully saturated rings.